The molecule has 0 aromatic carbocycles. The number of amides is 3. The van der Waals surface area contributed by atoms with Crippen molar-refractivity contribution in [2.75, 3.05) is 19.7 Å². The van der Waals surface area contributed by atoms with Crippen LogP contribution in [0.1, 0.15) is 20.3 Å². The standard InChI is InChI=1S/C13H24N4O6/c1-7(2)3-8(13(22)23)17-12(21)9(6-18)16-11(20)5-15-10(19)4-14/h7-9,18H,3-6,14H2,1-2H3,(H,15,19)(H,16,20)(H,17,21)(H,22,23)/t8-,9-/m0/s1. The first-order chi connectivity index (χ1) is 10.7. The van der Waals surface area contributed by atoms with Crippen LogP contribution in [0.25, 0.3) is 0 Å². The maximum absolute atomic E-state index is 11.9. The number of hydrogen-bond donors (Lipinski definition) is 6. The highest BCUT2D eigenvalue weighted by molar-refractivity contribution is 5.92. The molecule has 0 bridgehead atoms. The Hall–Kier alpha value is -2.20. The molecule has 0 aromatic heterocycles. The van der Waals surface area contributed by atoms with Gasteiger partial charge in [0, 0.05) is 0 Å². The second-order valence-electron chi connectivity index (χ2n) is 5.31. The van der Waals surface area contributed by atoms with Gasteiger partial charge in [0.2, 0.25) is 17.7 Å². The van der Waals surface area contributed by atoms with Gasteiger partial charge in [-0.3, -0.25) is 14.4 Å². The quantitative estimate of drug-likeness (QED) is 0.250. The highest BCUT2D eigenvalue weighted by Gasteiger charge is 2.26. The van der Waals surface area contributed by atoms with Crippen LogP contribution in [0.5, 0.6) is 0 Å². The van der Waals surface area contributed by atoms with E-state index in [0.717, 1.165) is 0 Å². The normalized spacial score (nSPS) is 13.1. The van der Waals surface area contributed by atoms with Crippen molar-refractivity contribution in [2.45, 2.75) is 32.4 Å². The largest absolute Gasteiger partial charge is 0.480 e. The third-order valence-electron chi connectivity index (χ3n) is 2.79. The van der Waals surface area contributed by atoms with Crippen molar-refractivity contribution >= 4 is 23.7 Å². The Kier molecular flexibility index (Phi) is 9.51. The van der Waals surface area contributed by atoms with E-state index in [4.69, 9.17) is 10.8 Å². The number of hydrogen-bond acceptors (Lipinski definition) is 6. The van der Waals surface area contributed by atoms with E-state index in [1.54, 1.807) is 13.8 Å². The number of carbonyl (C=O) groups is 4. The number of aliphatic carboxylic acids is 1. The molecule has 7 N–H and O–H groups in total. The Balaban J connectivity index is 4.57. The number of aliphatic hydroxyl groups is 1. The van der Waals surface area contributed by atoms with Crippen LogP contribution in [-0.2, 0) is 19.2 Å². The molecule has 132 valence electrons. The van der Waals surface area contributed by atoms with E-state index in [2.05, 4.69) is 16.0 Å². The predicted molar refractivity (Wildman–Crippen MR) is 80.1 cm³/mol. The fourth-order valence-corrected chi connectivity index (χ4v) is 1.66. The van der Waals surface area contributed by atoms with Gasteiger partial charge >= 0.3 is 5.97 Å². The summed E-state index contributed by atoms with van der Waals surface area (Å²) in [7, 11) is 0. The first-order valence-electron chi connectivity index (χ1n) is 7.11. The first kappa shape index (κ1) is 20.8. The van der Waals surface area contributed by atoms with Crippen LogP contribution in [0.15, 0.2) is 0 Å². The highest BCUT2D eigenvalue weighted by Crippen LogP contribution is 2.05. The molecule has 0 heterocycles. The fourth-order valence-electron chi connectivity index (χ4n) is 1.66. The lowest BCUT2D eigenvalue weighted by Gasteiger charge is -2.21. The smallest absolute Gasteiger partial charge is 0.326 e. The Morgan fingerprint density at radius 3 is 2.09 bits per heavy atom. The van der Waals surface area contributed by atoms with E-state index in [1.807, 2.05) is 0 Å². The van der Waals surface area contributed by atoms with Crippen molar-refractivity contribution in [3.05, 3.63) is 0 Å². The molecule has 0 aliphatic heterocycles. The van der Waals surface area contributed by atoms with Gasteiger partial charge in [-0.1, -0.05) is 13.8 Å². The van der Waals surface area contributed by atoms with Crippen molar-refractivity contribution in [2.24, 2.45) is 11.7 Å². The zero-order valence-corrected chi connectivity index (χ0v) is 13.2. The van der Waals surface area contributed by atoms with E-state index in [0.29, 0.717) is 0 Å². The summed E-state index contributed by atoms with van der Waals surface area (Å²) in [4.78, 5) is 45.5. The Morgan fingerprint density at radius 2 is 1.65 bits per heavy atom. The van der Waals surface area contributed by atoms with Crippen molar-refractivity contribution in [1.29, 1.82) is 0 Å². The maximum atomic E-state index is 11.9. The summed E-state index contributed by atoms with van der Waals surface area (Å²) in [5.74, 6) is -3.25. The van der Waals surface area contributed by atoms with Crippen LogP contribution >= 0.6 is 0 Å². The van der Waals surface area contributed by atoms with E-state index < -0.39 is 48.9 Å². The Labute approximate surface area is 133 Å². The van der Waals surface area contributed by atoms with E-state index in [1.165, 1.54) is 0 Å². The van der Waals surface area contributed by atoms with Gasteiger partial charge in [0.1, 0.15) is 12.1 Å². The fraction of sp³-hybridized carbons (Fsp3) is 0.692. The molecule has 2 atom stereocenters. The number of nitrogens with one attached hydrogen (secondary N) is 3. The minimum atomic E-state index is -1.31. The average Bonchev–Trinajstić information content (AvgIpc) is 2.48. The van der Waals surface area contributed by atoms with Crippen molar-refractivity contribution < 1.29 is 29.4 Å². The predicted octanol–water partition coefficient (Wildman–Crippen LogP) is -2.85. The summed E-state index contributed by atoms with van der Waals surface area (Å²) in [6, 6.07) is -2.43. The zero-order valence-electron chi connectivity index (χ0n) is 13.2. The van der Waals surface area contributed by atoms with Gasteiger partial charge in [-0.15, -0.1) is 0 Å². The van der Waals surface area contributed by atoms with Crippen LogP contribution in [0.4, 0.5) is 0 Å². The molecular weight excluding hydrogens is 308 g/mol. The molecule has 0 radical (unpaired) electrons. The van der Waals surface area contributed by atoms with Crippen LogP contribution in [0.3, 0.4) is 0 Å². The minimum Gasteiger partial charge on any atom is -0.480 e. The zero-order chi connectivity index (χ0) is 18.0. The van der Waals surface area contributed by atoms with Gasteiger partial charge in [0.15, 0.2) is 0 Å². The third kappa shape index (κ3) is 8.73. The topological polar surface area (TPSA) is 171 Å². The number of rotatable bonds is 10. The van der Waals surface area contributed by atoms with Crippen LogP contribution in [0.2, 0.25) is 0 Å². The van der Waals surface area contributed by atoms with Crippen LogP contribution in [-0.4, -0.2) is 65.7 Å². The average molecular weight is 332 g/mol. The maximum Gasteiger partial charge on any atom is 0.326 e. The summed E-state index contributed by atoms with van der Waals surface area (Å²) in [5.41, 5.74) is 5.05. The second kappa shape index (κ2) is 10.5. The molecule has 23 heavy (non-hydrogen) atoms. The van der Waals surface area contributed by atoms with Crippen LogP contribution < -0.4 is 21.7 Å². The molecule has 0 saturated heterocycles. The molecule has 0 aliphatic rings. The summed E-state index contributed by atoms with van der Waals surface area (Å²) in [5, 5.41) is 24.9. The van der Waals surface area contributed by atoms with Crippen molar-refractivity contribution in [3.63, 3.8) is 0 Å². The van der Waals surface area contributed by atoms with Gasteiger partial charge in [0.05, 0.1) is 19.7 Å². The summed E-state index contributed by atoms with van der Waals surface area (Å²) in [6.07, 6.45) is 0.208. The molecule has 0 unspecified atom stereocenters. The molecule has 3 amide bonds. The van der Waals surface area contributed by atoms with Gasteiger partial charge in [-0.05, 0) is 12.3 Å². The van der Waals surface area contributed by atoms with Gasteiger partial charge in [0.25, 0.3) is 0 Å². The molecule has 0 rings (SSSR count). The van der Waals surface area contributed by atoms with E-state index in [-0.39, 0.29) is 18.9 Å². The number of aliphatic hydroxyl groups excluding tert-OH is 1. The lowest BCUT2D eigenvalue weighted by molar-refractivity contribution is -0.143. The van der Waals surface area contributed by atoms with Crippen molar-refractivity contribution in [3.8, 4) is 0 Å². The van der Waals surface area contributed by atoms with Gasteiger partial charge < -0.3 is 31.9 Å². The molecule has 10 nitrogen and oxygen atoms in total. The SMILES string of the molecule is CC(C)C[C@H](NC(=O)[C@H](CO)NC(=O)CNC(=O)CN)C(=O)O. The molecular formula is C13H24N4O6. The molecule has 0 aromatic rings. The molecule has 0 spiro atoms. The van der Waals surface area contributed by atoms with Crippen molar-refractivity contribution in [1.82, 2.24) is 16.0 Å². The monoisotopic (exact) mass is 332 g/mol. The minimum absolute atomic E-state index is 0.0324. The Morgan fingerprint density at radius 1 is 1.04 bits per heavy atom. The van der Waals surface area contributed by atoms with E-state index >= 15 is 0 Å². The lowest BCUT2D eigenvalue weighted by Crippen LogP contribution is -2.54. The summed E-state index contributed by atoms with van der Waals surface area (Å²) >= 11 is 0. The molecule has 0 aliphatic carbocycles. The molecule has 10 heteroatoms. The third-order valence-corrected chi connectivity index (χ3v) is 2.79. The number of nitrogens with two attached hydrogens (primary N) is 1. The Bertz CT molecular complexity index is 440. The van der Waals surface area contributed by atoms with Crippen LogP contribution in [0, 0.1) is 5.92 Å². The summed E-state index contributed by atoms with van der Waals surface area (Å²) < 4.78 is 0. The van der Waals surface area contributed by atoms with Gasteiger partial charge in [-0.25, -0.2) is 4.79 Å². The second-order valence-corrected chi connectivity index (χ2v) is 5.31. The number of carbonyl (C=O) groups excluding carboxylic acids is 3. The number of carboxylic acid groups (broad SMARTS) is 1. The van der Waals surface area contributed by atoms with E-state index in [9.17, 15) is 24.3 Å². The highest BCUT2D eigenvalue weighted by atomic mass is 16.4. The number of carboxylic acids is 1. The first-order valence-corrected chi connectivity index (χ1v) is 7.11. The molecule has 0 saturated carbocycles. The summed E-state index contributed by atoms with van der Waals surface area (Å²) in [6.45, 7) is 2.19. The lowest BCUT2D eigenvalue weighted by atomic mass is 10.0. The van der Waals surface area contributed by atoms with Gasteiger partial charge in [-0.2, -0.15) is 0 Å². The molecule has 0 fully saturated rings.